The summed E-state index contributed by atoms with van der Waals surface area (Å²) in [5, 5.41) is 0. The van der Waals surface area contributed by atoms with Crippen LogP contribution >= 0.6 is 0 Å². The third kappa shape index (κ3) is 11.9. The molecular weight excluding hydrogens is 548 g/mol. The van der Waals surface area contributed by atoms with Gasteiger partial charge in [-0.3, -0.25) is 0 Å². The first-order valence-electron chi connectivity index (χ1n) is 9.08. The quantitative estimate of drug-likeness (QED) is 0.340. The minimum atomic E-state index is -4.27. The second-order valence-corrected chi connectivity index (χ2v) is 10.9. The zero-order valence-electron chi connectivity index (χ0n) is 18.2. The standard InChI is InChI=1S/3C7H8O3S.Fe/c3*1-6-2-4-7(5-3-6)11(8,9)10;/h3*2-5H,1H3,(H,8,9,10);/q;;;+3/p-3. The molecule has 0 fully saturated rings. The molecule has 0 saturated carbocycles. The number of hydrogen-bond acceptors (Lipinski definition) is 9. The van der Waals surface area contributed by atoms with Gasteiger partial charge in [0.15, 0.2) is 0 Å². The van der Waals surface area contributed by atoms with Crippen molar-refractivity contribution in [1.29, 1.82) is 0 Å². The molecule has 0 N–H and O–H groups in total. The van der Waals surface area contributed by atoms with Crippen molar-refractivity contribution in [3.05, 3.63) is 89.5 Å². The Morgan fingerprint density at radius 1 is 0.412 bits per heavy atom. The summed E-state index contributed by atoms with van der Waals surface area (Å²) in [6.45, 7) is 5.46. The molecule has 0 aromatic heterocycles. The first-order chi connectivity index (χ1) is 15.0. The van der Waals surface area contributed by atoms with Crippen LogP contribution in [0.25, 0.3) is 0 Å². The molecule has 0 aliphatic heterocycles. The minimum absolute atomic E-state index is 0. The van der Waals surface area contributed by atoms with Gasteiger partial charge in [-0.25, -0.2) is 25.3 Å². The van der Waals surface area contributed by atoms with Crippen molar-refractivity contribution in [2.24, 2.45) is 0 Å². The van der Waals surface area contributed by atoms with Crippen LogP contribution < -0.4 is 0 Å². The van der Waals surface area contributed by atoms with Crippen LogP contribution in [0.5, 0.6) is 0 Å². The fourth-order valence-corrected chi connectivity index (χ4v) is 3.52. The summed E-state index contributed by atoms with van der Waals surface area (Å²) >= 11 is 0. The van der Waals surface area contributed by atoms with Crippen molar-refractivity contribution in [2.45, 2.75) is 35.5 Å². The molecule has 9 nitrogen and oxygen atoms in total. The van der Waals surface area contributed by atoms with E-state index in [1.807, 2.05) is 20.8 Å². The van der Waals surface area contributed by atoms with E-state index in [1.165, 1.54) is 36.4 Å². The number of hydrogen-bond donors (Lipinski definition) is 0. The maximum Gasteiger partial charge on any atom is 3.00 e. The van der Waals surface area contributed by atoms with E-state index in [0.717, 1.165) is 16.7 Å². The summed E-state index contributed by atoms with van der Waals surface area (Å²) < 4.78 is 93.5. The maximum atomic E-state index is 10.4. The normalized spacial score (nSPS) is 11.1. The number of aryl methyl sites for hydroxylation is 3. The van der Waals surface area contributed by atoms with Gasteiger partial charge in [0.1, 0.15) is 30.4 Å². The molecule has 3 aromatic carbocycles. The Morgan fingerprint density at radius 3 is 0.676 bits per heavy atom. The predicted molar refractivity (Wildman–Crippen MR) is 117 cm³/mol. The number of rotatable bonds is 3. The third-order valence-electron chi connectivity index (χ3n) is 3.93. The molecule has 0 unspecified atom stereocenters. The first kappa shape index (κ1) is 31.9. The number of benzene rings is 3. The maximum absolute atomic E-state index is 10.4. The van der Waals surface area contributed by atoms with Crippen LogP contribution in [-0.2, 0) is 47.4 Å². The van der Waals surface area contributed by atoms with Crippen LogP contribution in [0.2, 0.25) is 0 Å². The fourth-order valence-electron chi connectivity index (χ4n) is 2.11. The zero-order valence-corrected chi connectivity index (χ0v) is 21.7. The summed E-state index contributed by atoms with van der Waals surface area (Å²) in [5.74, 6) is 0. The molecule has 185 valence electrons. The largest absolute Gasteiger partial charge is 3.00 e. The van der Waals surface area contributed by atoms with Gasteiger partial charge in [0.05, 0.1) is 14.7 Å². The molecular formula is C21H21FeO9S3. The molecule has 0 aliphatic carbocycles. The molecule has 0 amide bonds. The van der Waals surface area contributed by atoms with Gasteiger partial charge in [-0.05, 0) is 57.2 Å². The van der Waals surface area contributed by atoms with Crippen molar-refractivity contribution in [2.75, 3.05) is 0 Å². The van der Waals surface area contributed by atoms with E-state index in [2.05, 4.69) is 0 Å². The Labute approximate surface area is 210 Å². The van der Waals surface area contributed by atoms with Crippen LogP contribution in [-0.4, -0.2) is 38.9 Å². The molecule has 0 bridgehead atoms. The monoisotopic (exact) mass is 569 g/mol. The SMILES string of the molecule is Cc1ccc(S(=O)(=O)[O-])cc1.Cc1ccc(S(=O)(=O)[O-])cc1.Cc1ccc(S(=O)(=O)[O-])cc1.[Fe+3]. The molecule has 1 radical (unpaired) electrons. The van der Waals surface area contributed by atoms with E-state index in [9.17, 15) is 38.9 Å². The molecule has 34 heavy (non-hydrogen) atoms. The van der Waals surface area contributed by atoms with Crippen molar-refractivity contribution in [1.82, 2.24) is 0 Å². The van der Waals surface area contributed by atoms with Crippen molar-refractivity contribution in [3.8, 4) is 0 Å². The van der Waals surface area contributed by atoms with Crippen LogP contribution in [0, 0.1) is 20.8 Å². The van der Waals surface area contributed by atoms with Crippen LogP contribution in [0.1, 0.15) is 16.7 Å². The topological polar surface area (TPSA) is 172 Å². The third-order valence-corrected chi connectivity index (χ3v) is 6.48. The average molecular weight is 569 g/mol. The van der Waals surface area contributed by atoms with E-state index in [-0.39, 0.29) is 31.8 Å². The summed E-state index contributed by atoms with van der Waals surface area (Å²) in [7, 11) is -12.8. The molecule has 0 spiro atoms. The van der Waals surface area contributed by atoms with E-state index in [0.29, 0.717) is 0 Å². The Hall–Kier alpha value is -2.09. The summed E-state index contributed by atoms with van der Waals surface area (Å²) in [4.78, 5) is -0.533. The summed E-state index contributed by atoms with van der Waals surface area (Å²) in [5.41, 5.74) is 2.78. The van der Waals surface area contributed by atoms with Gasteiger partial charge in [-0.15, -0.1) is 0 Å². The molecule has 0 atom stereocenters. The van der Waals surface area contributed by atoms with E-state index in [4.69, 9.17) is 0 Å². The van der Waals surface area contributed by atoms with Crippen LogP contribution in [0.3, 0.4) is 0 Å². The van der Waals surface area contributed by atoms with Gasteiger partial charge < -0.3 is 13.7 Å². The molecule has 0 heterocycles. The Balaban J connectivity index is 0.000000473. The van der Waals surface area contributed by atoms with Gasteiger partial charge in [0.25, 0.3) is 0 Å². The first-order valence-corrected chi connectivity index (χ1v) is 13.3. The van der Waals surface area contributed by atoms with E-state index in [1.54, 1.807) is 36.4 Å². The van der Waals surface area contributed by atoms with E-state index < -0.39 is 30.4 Å². The fraction of sp³-hybridized carbons (Fsp3) is 0.143. The van der Waals surface area contributed by atoms with Gasteiger partial charge in [0, 0.05) is 0 Å². The second-order valence-electron chi connectivity index (χ2n) is 6.80. The molecule has 3 aromatic rings. The van der Waals surface area contributed by atoms with Gasteiger partial charge >= 0.3 is 17.1 Å². The Bertz CT molecular complexity index is 1190. The van der Waals surface area contributed by atoms with Crippen molar-refractivity contribution < 1.29 is 56.0 Å². The zero-order chi connectivity index (χ0) is 25.4. The Morgan fingerprint density at radius 2 is 0.559 bits per heavy atom. The minimum Gasteiger partial charge on any atom is -0.744 e. The van der Waals surface area contributed by atoms with Gasteiger partial charge in [-0.2, -0.15) is 0 Å². The molecule has 0 aliphatic rings. The van der Waals surface area contributed by atoms with Crippen LogP contribution in [0.4, 0.5) is 0 Å². The van der Waals surface area contributed by atoms with Gasteiger partial charge in [0.2, 0.25) is 0 Å². The molecule has 13 heteroatoms. The smallest absolute Gasteiger partial charge is 0.744 e. The summed E-state index contributed by atoms with van der Waals surface area (Å²) in [6.07, 6.45) is 0. The van der Waals surface area contributed by atoms with Crippen molar-refractivity contribution >= 4 is 30.4 Å². The average Bonchev–Trinajstić information content (AvgIpc) is 2.68. The second kappa shape index (κ2) is 13.1. The van der Waals surface area contributed by atoms with Gasteiger partial charge in [-0.1, -0.05) is 53.1 Å². The Kier molecular flexibility index (Phi) is 12.3. The molecule has 0 saturated heterocycles. The predicted octanol–water partition coefficient (Wildman–Crippen LogP) is 2.69. The molecule has 3 rings (SSSR count). The summed E-state index contributed by atoms with van der Waals surface area (Å²) in [6, 6.07) is 17.3. The van der Waals surface area contributed by atoms with Crippen LogP contribution in [0.15, 0.2) is 87.5 Å². The van der Waals surface area contributed by atoms with Crippen molar-refractivity contribution in [3.63, 3.8) is 0 Å². The van der Waals surface area contributed by atoms with E-state index >= 15 is 0 Å².